The van der Waals surface area contributed by atoms with E-state index in [0.29, 0.717) is 24.6 Å². The SMILES string of the molecule is COc1ccc2nccc([C@@H](O)CN(Cc3ccc4cccc(O)c4n3)C3CCNCC3)c2c1. The Morgan fingerprint density at radius 3 is 2.79 bits per heavy atom. The van der Waals surface area contributed by atoms with E-state index in [1.54, 1.807) is 19.4 Å². The first kappa shape index (κ1) is 22.5. The van der Waals surface area contributed by atoms with Crippen LogP contribution >= 0.6 is 0 Å². The lowest BCUT2D eigenvalue weighted by atomic mass is 10.00. The monoisotopic (exact) mass is 458 g/mol. The summed E-state index contributed by atoms with van der Waals surface area (Å²) in [5.41, 5.74) is 3.16. The van der Waals surface area contributed by atoms with Crippen LogP contribution in [0.5, 0.6) is 11.5 Å². The van der Waals surface area contributed by atoms with Crippen molar-refractivity contribution in [1.82, 2.24) is 20.2 Å². The second-order valence-corrected chi connectivity index (χ2v) is 8.86. The number of rotatable bonds is 7. The lowest BCUT2D eigenvalue weighted by Crippen LogP contribution is -2.44. The third-order valence-electron chi connectivity index (χ3n) is 6.70. The van der Waals surface area contributed by atoms with E-state index in [9.17, 15) is 10.2 Å². The van der Waals surface area contributed by atoms with Crippen LogP contribution in [0.4, 0.5) is 0 Å². The Labute approximate surface area is 199 Å². The largest absolute Gasteiger partial charge is 0.506 e. The summed E-state index contributed by atoms with van der Waals surface area (Å²) in [6.45, 7) is 2.98. The third-order valence-corrected chi connectivity index (χ3v) is 6.70. The minimum absolute atomic E-state index is 0.185. The Morgan fingerprint density at radius 2 is 1.97 bits per heavy atom. The lowest BCUT2D eigenvalue weighted by molar-refractivity contribution is 0.0698. The number of aliphatic hydroxyl groups is 1. The van der Waals surface area contributed by atoms with E-state index < -0.39 is 6.10 Å². The second-order valence-electron chi connectivity index (χ2n) is 8.86. The van der Waals surface area contributed by atoms with E-state index in [1.165, 1.54) is 0 Å². The maximum atomic E-state index is 11.4. The highest BCUT2D eigenvalue weighted by Crippen LogP contribution is 2.29. The predicted molar refractivity (Wildman–Crippen MR) is 133 cm³/mol. The minimum atomic E-state index is -0.693. The van der Waals surface area contributed by atoms with Crippen molar-refractivity contribution < 1.29 is 14.9 Å². The highest BCUT2D eigenvalue weighted by molar-refractivity contribution is 5.84. The Kier molecular flexibility index (Phi) is 6.58. The first-order valence-electron chi connectivity index (χ1n) is 11.8. The second kappa shape index (κ2) is 9.93. The fourth-order valence-electron chi connectivity index (χ4n) is 4.87. The van der Waals surface area contributed by atoms with Gasteiger partial charge in [0.1, 0.15) is 17.0 Å². The molecule has 2 aromatic heterocycles. The van der Waals surface area contributed by atoms with Gasteiger partial charge in [0, 0.05) is 36.1 Å². The van der Waals surface area contributed by atoms with Gasteiger partial charge >= 0.3 is 0 Å². The molecule has 1 atom stereocenters. The smallest absolute Gasteiger partial charge is 0.141 e. The number of aromatic hydroxyl groups is 1. The number of fused-ring (bicyclic) bond motifs is 2. The van der Waals surface area contributed by atoms with Crippen LogP contribution in [0.1, 0.15) is 30.2 Å². The summed E-state index contributed by atoms with van der Waals surface area (Å²) in [6.07, 6.45) is 3.07. The first-order chi connectivity index (χ1) is 16.6. The summed E-state index contributed by atoms with van der Waals surface area (Å²) in [7, 11) is 1.64. The van der Waals surface area contributed by atoms with Crippen molar-refractivity contribution in [2.75, 3.05) is 26.7 Å². The zero-order valence-electron chi connectivity index (χ0n) is 19.3. The van der Waals surface area contributed by atoms with Gasteiger partial charge in [-0.15, -0.1) is 0 Å². The molecule has 34 heavy (non-hydrogen) atoms. The van der Waals surface area contributed by atoms with Crippen LogP contribution in [0.15, 0.2) is 60.8 Å². The molecule has 0 bridgehead atoms. The van der Waals surface area contributed by atoms with E-state index in [-0.39, 0.29) is 5.75 Å². The first-order valence-corrected chi connectivity index (χ1v) is 11.8. The standard InChI is InChI=1S/C27H30N4O3/c1-34-21-7-8-24-23(15-21)22(11-14-29-24)26(33)17-31(20-9-12-28-13-10-20)16-19-6-5-18-3-2-4-25(32)27(18)30-19/h2-8,11,14-15,20,26,28,32-33H,9-10,12-13,16-17H2,1H3/t26-/m0/s1. The summed E-state index contributed by atoms with van der Waals surface area (Å²) in [5, 5.41) is 26.9. The average Bonchev–Trinajstić information content (AvgIpc) is 2.88. The molecule has 5 rings (SSSR count). The Bertz CT molecular complexity index is 1290. The summed E-state index contributed by atoms with van der Waals surface area (Å²) in [6, 6.07) is 17.4. The molecule has 3 N–H and O–H groups in total. The van der Waals surface area contributed by atoms with Gasteiger partial charge in [0.2, 0.25) is 0 Å². The van der Waals surface area contributed by atoms with Crippen molar-refractivity contribution in [3.05, 3.63) is 72.1 Å². The van der Waals surface area contributed by atoms with Gasteiger partial charge in [-0.05, 0) is 67.9 Å². The molecule has 0 amide bonds. The van der Waals surface area contributed by atoms with Crippen molar-refractivity contribution in [2.45, 2.75) is 31.5 Å². The molecule has 3 heterocycles. The van der Waals surface area contributed by atoms with Crippen LogP contribution in [0, 0.1) is 0 Å². The van der Waals surface area contributed by atoms with Crippen LogP contribution in [0.2, 0.25) is 0 Å². The van der Waals surface area contributed by atoms with E-state index >= 15 is 0 Å². The number of benzene rings is 2. The molecule has 1 fully saturated rings. The molecule has 4 aromatic rings. The van der Waals surface area contributed by atoms with Gasteiger partial charge in [0.25, 0.3) is 0 Å². The number of pyridine rings is 2. The number of phenols is 1. The van der Waals surface area contributed by atoms with Gasteiger partial charge in [-0.3, -0.25) is 9.88 Å². The fraction of sp³-hybridized carbons (Fsp3) is 0.333. The van der Waals surface area contributed by atoms with Crippen LogP contribution < -0.4 is 10.1 Å². The number of aliphatic hydroxyl groups excluding tert-OH is 1. The van der Waals surface area contributed by atoms with Crippen molar-refractivity contribution in [3.8, 4) is 11.5 Å². The zero-order chi connectivity index (χ0) is 23.5. The van der Waals surface area contributed by atoms with Crippen molar-refractivity contribution in [2.24, 2.45) is 0 Å². The topological polar surface area (TPSA) is 90.7 Å². The molecule has 0 unspecified atom stereocenters. The van der Waals surface area contributed by atoms with Gasteiger partial charge in [-0.1, -0.05) is 18.2 Å². The number of hydrogen-bond donors (Lipinski definition) is 3. The molecule has 1 aliphatic heterocycles. The Balaban J connectivity index is 1.45. The molecule has 0 aliphatic carbocycles. The van der Waals surface area contributed by atoms with Gasteiger partial charge < -0.3 is 20.3 Å². The number of nitrogens with zero attached hydrogens (tertiary/aromatic N) is 3. The molecule has 0 spiro atoms. The lowest BCUT2D eigenvalue weighted by Gasteiger charge is -2.36. The summed E-state index contributed by atoms with van der Waals surface area (Å²) >= 11 is 0. The van der Waals surface area contributed by atoms with Crippen LogP contribution in [0.25, 0.3) is 21.8 Å². The highest BCUT2D eigenvalue weighted by atomic mass is 16.5. The summed E-state index contributed by atoms with van der Waals surface area (Å²) < 4.78 is 5.40. The van der Waals surface area contributed by atoms with E-state index in [4.69, 9.17) is 9.72 Å². The van der Waals surface area contributed by atoms with E-state index in [0.717, 1.165) is 59.2 Å². The maximum Gasteiger partial charge on any atom is 0.141 e. The average molecular weight is 459 g/mol. The number of piperidine rings is 1. The van der Waals surface area contributed by atoms with Crippen molar-refractivity contribution >= 4 is 21.8 Å². The third kappa shape index (κ3) is 4.68. The fourth-order valence-corrected chi connectivity index (χ4v) is 4.87. The summed E-state index contributed by atoms with van der Waals surface area (Å²) in [5.74, 6) is 0.925. The molecule has 0 radical (unpaired) electrons. The van der Waals surface area contributed by atoms with Crippen LogP contribution in [0.3, 0.4) is 0 Å². The number of nitrogens with one attached hydrogen (secondary N) is 1. The minimum Gasteiger partial charge on any atom is -0.506 e. The number of ether oxygens (including phenoxy) is 1. The maximum absolute atomic E-state index is 11.4. The molecule has 7 nitrogen and oxygen atoms in total. The number of para-hydroxylation sites is 1. The van der Waals surface area contributed by atoms with Crippen molar-refractivity contribution in [1.29, 1.82) is 0 Å². The predicted octanol–water partition coefficient (Wildman–Crippen LogP) is 3.78. The number of methoxy groups -OCH3 is 1. The quantitative estimate of drug-likeness (QED) is 0.388. The van der Waals surface area contributed by atoms with Gasteiger partial charge in [0.05, 0.1) is 24.4 Å². The number of aromatic nitrogens is 2. The Hall–Kier alpha value is -3.26. The van der Waals surface area contributed by atoms with Crippen molar-refractivity contribution in [3.63, 3.8) is 0 Å². The normalized spacial score (nSPS) is 15.7. The molecule has 1 saturated heterocycles. The number of hydrogen-bond acceptors (Lipinski definition) is 7. The van der Waals surface area contributed by atoms with E-state index in [1.807, 2.05) is 48.5 Å². The molecular weight excluding hydrogens is 428 g/mol. The van der Waals surface area contributed by atoms with Gasteiger partial charge in [-0.25, -0.2) is 4.98 Å². The van der Waals surface area contributed by atoms with Crippen LogP contribution in [-0.2, 0) is 6.54 Å². The van der Waals surface area contributed by atoms with Crippen LogP contribution in [-0.4, -0.2) is 57.9 Å². The molecule has 176 valence electrons. The highest BCUT2D eigenvalue weighted by Gasteiger charge is 2.25. The zero-order valence-corrected chi connectivity index (χ0v) is 19.3. The van der Waals surface area contributed by atoms with Gasteiger partial charge in [0.15, 0.2) is 0 Å². The Morgan fingerprint density at radius 1 is 1.12 bits per heavy atom. The molecule has 0 saturated carbocycles. The summed E-state index contributed by atoms with van der Waals surface area (Å²) in [4.78, 5) is 11.5. The molecule has 7 heteroatoms. The molecule has 2 aromatic carbocycles. The van der Waals surface area contributed by atoms with E-state index in [2.05, 4.69) is 15.2 Å². The van der Waals surface area contributed by atoms with Gasteiger partial charge in [-0.2, -0.15) is 0 Å². The molecular formula is C27H30N4O3. The molecule has 1 aliphatic rings. The number of phenolic OH excluding ortho intramolecular Hbond substituents is 1.